The van der Waals surface area contributed by atoms with Crippen LogP contribution in [0.25, 0.3) is 0 Å². The first kappa shape index (κ1) is 11.9. The molecular weight excluding hydrogens is 182 g/mol. The van der Waals surface area contributed by atoms with Gasteiger partial charge < -0.3 is 19.9 Å². The maximum atomic E-state index is 8.98. The van der Waals surface area contributed by atoms with Gasteiger partial charge in [0.15, 0.2) is 0 Å². The van der Waals surface area contributed by atoms with Crippen molar-refractivity contribution in [3.8, 4) is 0 Å². The average molecular weight is 203 g/mol. The summed E-state index contributed by atoms with van der Waals surface area (Å²) in [5, 5.41) is 12.1. The minimum Gasteiger partial charge on any atom is -0.395 e. The Morgan fingerprint density at radius 1 is 1.64 bits per heavy atom. The number of nitrogens with one attached hydrogen (secondary N) is 1. The molecular formula is C10H21NO3. The molecule has 2 atom stereocenters. The Balaban J connectivity index is 2.00. The van der Waals surface area contributed by atoms with Gasteiger partial charge in [-0.2, -0.15) is 0 Å². The molecule has 1 fully saturated rings. The molecule has 0 spiro atoms. The van der Waals surface area contributed by atoms with Gasteiger partial charge in [0.05, 0.1) is 32.0 Å². The minimum atomic E-state index is 0.0569. The lowest BCUT2D eigenvalue weighted by Gasteiger charge is -2.16. The average Bonchev–Trinajstić information content (AvgIpc) is 2.69. The number of aliphatic hydroxyl groups is 1. The van der Waals surface area contributed by atoms with Crippen LogP contribution in [0, 0.1) is 0 Å². The second-order valence-electron chi connectivity index (χ2n) is 3.61. The lowest BCUT2D eigenvalue weighted by atomic mass is 10.2. The first-order chi connectivity index (χ1) is 6.86. The van der Waals surface area contributed by atoms with Crippen LogP contribution in [0.3, 0.4) is 0 Å². The second-order valence-corrected chi connectivity index (χ2v) is 3.61. The Kier molecular flexibility index (Phi) is 6.10. The first-order valence-electron chi connectivity index (χ1n) is 5.40. The van der Waals surface area contributed by atoms with Crippen molar-refractivity contribution in [3.05, 3.63) is 0 Å². The van der Waals surface area contributed by atoms with Crippen molar-refractivity contribution in [3.63, 3.8) is 0 Å². The molecule has 1 saturated heterocycles. The highest BCUT2D eigenvalue weighted by atomic mass is 16.5. The SMILES string of the molecule is CCNC(CO)COCC1CCCO1. The number of likely N-dealkylation sites (N-methyl/N-ethyl adjacent to an activating group) is 1. The maximum Gasteiger partial charge on any atom is 0.0809 e. The van der Waals surface area contributed by atoms with Crippen molar-refractivity contribution in [1.29, 1.82) is 0 Å². The van der Waals surface area contributed by atoms with E-state index in [1.165, 1.54) is 0 Å². The molecule has 84 valence electrons. The van der Waals surface area contributed by atoms with Crippen LogP contribution in [0.1, 0.15) is 19.8 Å². The molecule has 1 aliphatic rings. The molecule has 0 saturated carbocycles. The van der Waals surface area contributed by atoms with E-state index in [2.05, 4.69) is 5.32 Å². The summed E-state index contributed by atoms with van der Waals surface area (Å²) in [6.45, 7) is 5.08. The molecule has 4 nitrogen and oxygen atoms in total. The Morgan fingerprint density at radius 2 is 2.50 bits per heavy atom. The van der Waals surface area contributed by atoms with Crippen LogP contribution >= 0.6 is 0 Å². The van der Waals surface area contributed by atoms with E-state index < -0.39 is 0 Å². The fourth-order valence-corrected chi connectivity index (χ4v) is 1.58. The quantitative estimate of drug-likeness (QED) is 0.618. The third-order valence-corrected chi connectivity index (χ3v) is 2.36. The van der Waals surface area contributed by atoms with Crippen molar-refractivity contribution >= 4 is 0 Å². The fraction of sp³-hybridized carbons (Fsp3) is 1.00. The monoisotopic (exact) mass is 203 g/mol. The van der Waals surface area contributed by atoms with E-state index in [9.17, 15) is 0 Å². The van der Waals surface area contributed by atoms with Gasteiger partial charge in [0.2, 0.25) is 0 Å². The van der Waals surface area contributed by atoms with Crippen molar-refractivity contribution in [2.45, 2.75) is 31.9 Å². The van der Waals surface area contributed by atoms with Gasteiger partial charge in [-0.25, -0.2) is 0 Å². The summed E-state index contributed by atoms with van der Waals surface area (Å²) < 4.78 is 10.9. The van der Waals surface area contributed by atoms with E-state index in [0.717, 1.165) is 26.0 Å². The van der Waals surface area contributed by atoms with Gasteiger partial charge in [-0.1, -0.05) is 6.92 Å². The lowest BCUT2D eigenvalue weighted by Crippen LogP contribution is -2.37. The molecule has 0 amide bonds. The van der Waals surface area contributed by atoms with Crippen molar-refractivity contribution in [2.24, 2.45) is 0 Å². The smallest absolute Gasteiger partial charge is 0.0809 e. The molecule has 0 radical (unpaired) electrons. The molecule has 1 heterocycles. The van der Waals surface area contributed by atoms with E-state index in [0.29, 0.717) is 13.2 Å². The highest BCUT2D eigenvalue weighted by molar-refractivity contribution is 4.66. The van der Waals surface area contributed by atoms with Gasteiger partial charge in [0.25, 0.3) is 0 Å². The summed E-state index contributed by atoms with van der Waals surface area (Å²) >= 11 is 0. The number of hydrogen-bond donors (Lipinski definition) is 2. The molecule has 0 aromatic rings. The molecule has 2 N–H and O–H groups in total. The van der Waals surface area contributed by atoms with Crippen LogP contribution in [-0.2, 0) is 9.47 Å². The Hall–Kier alpha value is -0.160. The topological polar surface area (TPSA) is 50.7 Å². The molecule has 1 rings (SSSR count). The molecule has 1 aliphatic heterocycles. The Morgan fingerprint density at radius 3 is 3.07 bits per heavy atom. The Labute approximate surface area is 85.6 Å². The molecule has 0 aliphatic carbocycles. The van der Waals surface area contributed by atoms with E-state index in [1.54, 1.807) is 0 Å². The van der Waals surface area contributed by atoms with Crippen molar-refractivity contribution in [2.75, 3.05) is 33.0 Å². The number of aliphatic hydroxyl groups excluding tert-OH is 1. The van der Waals surface area contributed by atoms with E-state index in [-0.39, 0.29) is 18.8 Å². The van der Waals surface area contributed by atoms with Gasteiger partial charge in [0, 0.05) is 6.61 Å². The lowest BCUT2D eigenvalue weighted by molar-refractivity contribution is 0.00514. The van der Waals surface area contributed by atoms with Crippen LogP contribution in [0.2, 0.25) is 0 Å². The number of rotatable bonds is 7. The molecule has 0 bridgehead atoms. The third kappa shape index (κ3) is 4.37. The summed E-state index contributed by atoms with van der Waals surface area (Å²) in [5.74, 6) is 0. The van der Waals surface area contributed by atoms with Crippen LogP contribution in [0.4, 0.5) is 0 Å². The van der Waals surface area contributed by atoms with E-state index in [1.807, 2.05) is 6.92 Å². The molecule has 0 aromatic carbocycles. The summed E-state index contributed by atoms with van der Waals surface area (Å²) in [6.07, 6.45) is 2.52. The molecule has 2 unspecified atom stereocenters. The molecule has 14 heavy (non-hydrogen) atoms. The standard InChI is InChI=1S/C10H21NO3/c1-2-11-9(6-12)7-13-8-10-4-3-5-14-10/h9-12H,2-8H2,1H3. The summed E-state index contributed by atoms with van der Waals surface area (Å²) in [6, 6.07) is 0.0569. The van der Waals surface area contributed by atoms with Crippen molar-refractivity contribution in [1.82, 2.24) is 5.32 Å². The zero-order valence-corrected chi connectivity index (χ0v) is 8.87. The van der Waals surface area contributed by atoms with Gasteiger partial charge >= 0.3 is 0 Å². The summed E-state index contributed by atoms with van der Waals surface area (Å²) in [4.78, 5) is 0. The van der Waals surface area contributed by atoms with E-state index >= 15 is 0 Å². The minimum absolute atomic E-state index is 0.0569. The van der Waals surface area contributed by atoms with Crippen molar-refractivity contribution < 1.29 is 14.6 Å². The van der Waals surface area contributed by atoms with Crippen LogP contribution in [0.5, 0.6) is 0 Å². The van der Waals surface area contributed by atoms with Crippen LogP contribution in [-0.4, -0.2) is 50.2 Å². The van der Waals surface area contributed by atoms with Crippen LogP contribution in [0.15, 0.2) is 0 Å². The summed E-state index contributed by atoms with van der Waals surface area (Å²) in [5.41, 5.74) is 0. The number of hydrogen-bond acceptors (Lipinski definition) is 4. The number of ether oxygens (including phenoxy) is 2. The zero-order valence-electron chi connectivity index (χ0n) is 8.87. The third-order valence-electron chi connectivity index (χ3n) is 2.36. The maximum absolute atomic E-state index is 8.98. The van der Waals surface area contributed by atoms with Gasteiger partial charge in [0.1, 0.15) is 0 Å². The van der Waals surface area contributed by atoms with Crippen LogP contribution < -0.4 is 5.32 Å². The Bertz CT molecular complexity index is 137. The van der Waals surface area contributed by atoms with Gasteiger partial charge in [-0.15, -0.1) is 0 Å². The first-order valence-corrected chi connectivity index (χ1v) is 5.40. The van der Waals surface area contributed by atoms with Gasteiger partial charge in [-0.05, 0) is 19.4 Å². The molecule has 4 heteroatoms. The summed E-state index contributed by atoms with van der Waals surface area (Å²) in [7, 11) is 0. The highest BCUT2D eigenvalue weighted by Gasteiger charge is 2.16. The zero-order chi connectivity index (χ0) is 10.2. The molecule has 0 aromatic heterocycles. The normalized spacial score (nSPS) is 24.0. The predicted molar refractivity (Wildman–Crippen MR) is 54.3 cm³/mol. The van der Waals surface area contributed by atoms with E-state index in [4.69, 9.17) is 14.6 Å². The largest absolute Gasteiger partial charge is 0.395 e. The predicted octanol–water partition coefficient (Wildman–Crippen LogP) is 0.152. The van der Waals surface area contributed by atoms with Gasteiger partial charge in [-0.3, -0.25) is 0 Å². The fourth-order valence-electron chi connectivity index (χ4n) is 1.58. The highest BCUT2D eigenvalue weighted by Crippen LogP contribution is 2.11. The second kappa shape index (κ2) is 7.17.